The number of aryl methyl sites for hydroxylation is 1. The maximum Gasteiger partial charge on any atom is 0.177 e. The summed E-state index contributed by atoms with van der Waals surface area (Å²) in [5.74, 6) is 5.52. The van der Waals surface area contributed by atoms with Crippen molar-refractivity contribution in [1.29, 1.82) is 0 Å². The summed E-state index contributed by atoms with van der Waals surface area (Å²) in [5, 5.41) is 0. The van der Waals surface area contributed by atoms with Gasteiger partial charge >= 0.3 is 0 Å². The maximum absolute atomic E-state index is 5.52. The first-order valence-electron chi connectivity index (χ1n) is 5.37. The minimum atomic E-state index is -0.391. The van der Waals surface area contributed by atoms with Crippen LogP contribution >= 0.6 is 0 Å². The fourth-order valence-electron chi connectivity index (χ4n) is 1.66. The third kappa shape index (κ3) is 3.02. The first kappa shape index (κ1) is 13.1. The van der Waals surface area contributed by atoms with Crippen molar-refractivity contribution in [3.05, 3.63) is 35.4 Å². The Morgan fingerprint density at radius 1 is 1.19 bits per heavy atom. The minimum absolute atomic E-state index is 0.166. The van der Waals surface area contributed by atoms with Gasteiger partial charge in [-0.25, -0.2) is 5.43 Å². The summed E-state index contributed by atoms with van der Waals surface area (Å²) >= 11 is 0. The average Bonchev–Trinajstić information content (AvgIpc) is 2.36. The van der Waals surface area contributed by atoms with Crippen LogP contribution in [0.4, 0.5) is 0 Å². The molecule has 1 atom stereocenters. The molecule has 16 heavy (non-hydrogen) atoms. The van der Waals surface area contributed by atoms with Gasteiger partial charge in [0, 0.05) is 14.2 Å². The van der Waals surface area contributed by atoms with Crippen molar-refractivity contribution in [2.45, 2.75) is 25.7 Å². The molecule has 0 fully saturated rings. The topological polar surface area (TPSA) is 56.5 Å². The number of nitrogens with one attached hydrogen (secondary N) is 1. The van der Waals surface area contributed by atoms with E-state index < -0.39 is 6.29 Å². The SMILES string of the molecule is CCc1ccc(C(NN)C(OC)OC)cc1. The van der Waals surface area contributed by atoms with Crippen molar-refractivity contribution >= 4 is 0 Å². The van der Waals surface area contributed by atoms with Crippen LogP contribution in [0.1, 0.15) is 24.1 Å². The molecule has 0 spiro atoms. The predicted molar refractivity (Wildman–Crippen MR) is 63.7 cm³/mol. The third-order valence-electron chi connectivity index (χ3n) is 2.66. The Morgan fingerprint density at radius 3 is 2.12 bits per heavy atom. The van der Waals surface area contributed by atoms with Gasteiger partial charge in [-0.1, -0.05) is 31.2 Å². The van der Waals surface area contributed by atoms with Gasteiger partial charge < -0.3 is 9.47 Å². The number of hydrazine groups is 1. The van der Waals surface area contributed by atoms with Crippen LogP contribution in [-0.4, -0.2) is 20.5 Å². The highest BCUT2D eigenvalue weighted by Gasteiger charge is 2.21. The van der Waals surface area contributed by atoms with Crippen LogP contribution in [0.5, 0.6) is 0 Å². The van der Waals surface area contributed by atoms with Crippen LogP contribution in [0.3, 0.4) is 0 Å². The molecule has 1 unspecified atom stereocenters. The Kier molecular flexibility index (Phi) is 5.42. The molecule has 0 aliphatic rings. The van der Waals surface area contributed by atoms with E-state index in [1.807, 2.05) is 12.1 Å². The van der Waals surface area contributed by atoms with Crippen LogP contribution in [0.15, 0.2) is 24.3 Å². The zero-order chi connectivity index (χ0) is 12.0. The molecule has 1 rings (SSSR count). The van der Waals surface area contributed by atoms with E-state index in [9.17, 15) is 0 Å². The molecular weight excluding hydrogens is 204 g/mol. The average molecular weight is 224 g/mol. The number of hydrogen-bond donors (Lipinski definition) is 2. The molecule has 3 N–H and O–H groups in total. The predicted octanol–water partition coefficient (Wildman–Crippen LogP) is 1.37. The Labute approximate surface area is 96.7 Å². The van der Waals surface area contributed by atoms with Gasteiger partial charge in [-0.3, -0.25) is 5.84 Å². The van der Waals surface area contributed by atoms with Gasteiger partial charge in [0.15, 0.2) is 6.29 Å². The smallest absolute Gasteiger partial charge is 0.177 e. The van der Waals surface area contributed by atoms with Gasteiger partial charge in [0.2, 0.25) is 0 Å². The summed E-state index contributed by atoms with van der Waals surface area (Å²) < 4.78 is 10.4. The van der Waals surface area contributed by atoms with Crippen LogP contribution < -0.4 is 11.3 Å². The van der Waals surface area contributed by atoms with Gasteiger partial charge in [0.05, 0.1) is 6.04 Å². The highest BCUT2D eigenvalue weighted by molar-refractivity contribution is 5.25. The lowest BCUT2D eigenvalue weighted by molar-refractivity contribution is -0.124. The molecule has 0 amide bonds. The van der Waals surface area contributed by atoms with Gasteiger partial charge in [0.1, 0.15) is 0 Å². The number of benzene rings is 1. The Bertz CT molecular complexity index is 296. The molecule has 4 nitrogen and oxygen atoms in total. The Balaban J connectivity index is 2.85. The highest BCUT2D eigenvalue weighted by Crippen LogP contribution is 2.19. The number of methoxy groups -OCH3 is 2. The molecule has 1 aromatic rings. The molecule has 0 radical (unpaired) electrons. The molecule has 0 heterocycles. The van der Waals surface area contributed by atoms with Crippen molar-refractivity contribution in [2.24, 2.45) is 5.84 Å². The number of nitrogens with two attached hydrogens (primary N) is 1. The van der Waals surface area contributed by atoms with E-state index >= 15 is 0 Å². The Morgan fingerprint density at radius 2 is 1.75 bits per heavy atom. The largest absolute Gasteiger partial charge is 0.354 e. The van der Waals surface area contributed by atoms with Gasteiger partial charge in [-0.15, -0.1) is 0 Å². The third-order valence-corrected chi connectivity index (χ3v) is 2.66. The van der Waals surface area contributed by atoms with Crippen molar-refractivity contribution in [1.82, 2.24) is 5.43 Å². The lowest BCUT2D eigenvalue weighted by Crippen LogP contribution is -2.38. The lowest BCUT2D eigenvalue weighted by Gasteiger charge is -2.24. The molecule has 0 aliphatic carbocycles. The molecule has 1 aromatic carbocycles. The van der Waals surface area contributed by atoms with E-state index in [1.165, 1.54) is 5.56 Å². The van der Waals surface area contributed by atoms with E-state index in [0.29, 0.717) is 0 Å². The van der Waals surface area contributed by atoms with E-state index in [2.05, 4.69) is 24.5 Å². The van der Waals surface area contributed by atoms with Crippen LogP contribution in [0.25, 0.3) is 0 Å². The molecular formula is C12H20N2O2. The summed E-state index contributed by atoms with van der Waals surface area (Å²) in [6.45, 7) is 2.13. The minimum Gasteiger partial charge on any atom is -0.354 e. The first-order valence-corrected chi connectivity index (χ1v) is 5.37. The van der Waals surface area contributed by atoms with E-state index in [-0.39, 0.29) is 6.04 Å². The van der Waals surface area contributed by atoms with Gasteiger partial charge in [-0.2, -0.15) is 0 Å². The normalized spacial score (nSPS) is 13.1. The highest BCUT2D eigenvalue weighted by atomic mass is 16.7. The molecule has 0 aliphatic heterocycles. The van der Waals surface area contributed by atoms with Crippen molar-refractivity contribution in [3.63, 3.8) is 0 Å². The second-order valence-electron chi connectivity index (χ2n) is 3.58. The summed E-state index contributed by atoms with van der Waals surface area (Å²) in [7, 11) is 3.19. The lowest BCUT2D eigenvalue weighted by atomic mass is 10.0. The Hall–Kier alpha value is -0.940. The van der Waals surface area contributed by atoms with Crippen LogP contribution in [0.2, 0.25) is 0 Å². The standard InChI is InChI=1S/C12H20N2O2/c1-4-9-5-7-10(8-6-9)11(14-13)12(15-2)16-3/h5-8,11-12,14H,4,13H2,1-3H3. The van der Waals surface area contributed by atoms with E-state index in [0.717, 1.165) is 12.0 Å². The van der Waals surface area contributed by atoms with Gasteiger partial charge in [-0.05, 0) is 17.5 Å². The zero-order valence-electron chi connectivity index (χ0n) is 10.1. The molecule has 0 aromatic heterocycles. The maximum atomic E-state index is 5.52. The summed E-state index contributed by atoms with van der Waals surface area (Å²) in [4.78, 5) is 0. The molecule has 4 heteroatoms. The summed E-state index contributed by atoms with van der Waals surface area (Å²) in [6.07, 6.45) is 0.636. The molecule has 90 valence electrons. The number of ether oxygens (including phenoxy) is 2. The molecule has 0 saturated heterocycles. The van der Waals surface area contributed by atoms with E-state index in [1.54, 1.807) is 14.2 Å². The second kappa shape index (κ2) is 6.60. The van der Waals surface area contributed by atoms with Crippen LogP contribution in [0, 0.1) is 0 Å². The zero-order valence-corrected chi connectivity index (χ0v) is 10.1. The first-order chi connectivity index (χ1) is 7.76. The number of rotatable bonds is 6. The molecule has 0 saturated carbocycles. The number of hydrogen-bond acceptors (Lipinski definition) is 4. The second-order valence-corrected chi connectivity index (χ2v) is 3.58. The monoisotopic (exact) mass is 224 g/mol. The van der Waals surface area contributed by atoms with Crippen molar-refractivity contribution < 1.29 is 9.47 Å². The summed E-state index contributed by atoms with van der Waals surface area (Å²) in [5.41, 5.74) is 5.05. The van der Waals surface area contributed by atoms with E-state index in [4.69, 9.17) is 15.3 Å². The van der Waals surface area contributed by atoms with Crippen molar-refractivity contribution in [3.8, 4) is 0 Å². The van der Waals surface area contributed by atoms with Gasteiger partial charge in [0.25, 0.3) is 0 Å². The quantitative estimate of drug-likeness (QED) is 0.435. The van der Waals surface area contributed by atoms with Crippen molar-refractivity contribution in [2.75, 3.05) is 14.2 Å². The van der Waals surface area contributed by atoms with Crippen LogP contribution in [-0.2, 0) is 15.9 Å². The molecule has 0 bridgehead atoms. The summed E-state index contributed by atoms with van der Waals surface area (Å²) in [6, 6.07) is 8.08. The fourth-order valence-corrected chi connectivity index (χ4v) is 1.66. The fraction of sp³-hybridized carbons (Fsp3) is 0.500.